The van der Waals surface area contributed by atoms with Crippen molar-refractivity contribution in [3.63, 3.8) is 0 Å². The lowest BCUT2D eigenvalue weighted by Crippen LogP contribution is -2.40. The number of rotatable bonds is 5. The van der Waals surface area contributed by atoms with Crippen molar-refractivity contribution in [1.29, 1.82) is 0 Å². The van der Waals surface area contributed by atoms with Crippen LogP contribution < -0.4 is 5.32 Å². The van der Waals surface area contributed by atoms with Gasteiger partial charge in [0.2, 0.25) is 5.89 Å². The molecule has 0 unspecified atom stereocenters. The zero-order valence-electron chi connectivity index (χ0n) is 11.9. The molecule has 4 nitrogen and oxygen atoms in total. The molecule has 2 aromatic heterocycles. The van der Waals surface area contributed by atoms with E-state index in [1.165, 1.54) is 4.88 Å². The molecule has 0 aromatic carbocycles. The standard InChI is InChI=1S/C15H21N3OS/c1-2-5-15(6-8-16-9-7-15)14-17-13(18-19-14)11-12-4-3-10-20-12/h3-4,10,16H,2,5-9,11H2,1H3. The van der Waals surface area contributed by atoms with E-state index in [-0.39, 0.29) is 5.41 Å². The summed E-state index contributed by atoms with van der Waals surface area (Å²) in [5.41, 5.74) is 0.0979. The zero-order chi connectivity index (χ0) is 13.8. The van der Waals surface area contributed by atoms with Crippen molar-refractivity contribution in [2.45, 2.75) is 44.4 Å². The minimum atomic E-state index is 0.0979. The van der Waals surface area contributed by atoms with Gasteiger partial charge in [-0.1, -0.05) is 24.6 Å². The molecular weight excluding hydrogens is 270 g/mol. The molecule has 0 atom stereocenters. The molecule has 5 heteroatoms. The average molecular weight is 291 g/mol. The van der Waals surface area contributed by atoms with Gasteiger partial charge in [0.05, 0.1) is 5.41 Å². The average Bonchev–Trinajstić information content (AvgIpc) is 3.13. The Morgan fingerprint density at radius 3 is 2.95 bits per heavy atom. The summed E-state index contributed by atoms with van der Waals surface area (Å²) in [7, 11) is 0. The fourth-order valence-corrected chi connectivity index (χ4v) is 3.77. The van der Waals surface area contributed by atoms with Crippen molar-refractivity contribution in [3.05, 3.63) is 34.1 Å². The molecule has 1 N–H and O–H groups in total. The van der Waals surface area contributed by atoms with Gasteiger partial charge in [0.25, 0.3) is 0 Å². The number of hydrogen-bond acceptors (Lipinski definition) is 5. The highest BCUT2D eigenvalue weighted by Gasteiger charge is 2.38. The second-order valence-corrected chi connectivity index (χ2v) is 6.58. The minimum absolute atomic E-state index is 0.0979. The smallest absolute Gasteiger partial charge is 0.232 e. The first-order valence-electron chi connectivity index (χ1n) is 7.38. The van der Waals surface area contributed by atoms with E-state index >= 15 is 0 Å². The maximum Gasteiger partial charge on any atom is 0.232 e. The molecule has 2 aromatic rings. The molecule has 20 heavy (non-hydrogen) atoms. The van der Waals surface area contributed by atoms with Crippen molar-refractivity contribution in [2.24, 2.45) is 0 Å². The van der Waals surface area contributed by atoms with Crippen LogP contribution in [0.15, 0.2) is 22.0 Å². The van der Waals surface area contributed by atoms with E-state index in [0.29, 0.717) is 0 Å². The lowest BCUT2D eigenvalue weighted by atomic mass is 9.75. The number of hydrogen-bond donors (Lipinski definition) is 1. The molecule has 0 radical (unpaired) electrons. The first-order valence-corrected chi connectivity index (χ1v) is 8.26. The molecule has 0 bridgehead atoms. The highest BCUT2D eigenvalue weighted by molar-refractivity contribution is 7.09. The second kappa shape index (κ2) is 6.06. The normalized spacial score (nSPS) is 18.2. The summed E-state index contributed by atoms with van der Waals surface area (Å²) in [6, 6.07) is 4.18. The Morgan fingerprint density at radius 1 is 1.40 bits per heavy atom. The maximum atomic E-state index is 5.62. The fourth-order valence-electron chi connectivity index (χ4n) is 3.06. The van der Waals surface area contributed by atoms with Gasteiger partial charge >= 0.3 is 0 Å². The van der Waals surface area contributed by atoms with Gasteiger partial charge < -0.3 is 9.84 Å². The first-order chi connectivity index (χ1) is 9.82. The van der Waals surface area contributed by atoms with Crippen molar-refractivity contribution in [2.75, 3.05) is 13.1 Å². The molecule has 0 spiro atoms. The van der Waals surface area contributed by atoms with Gasteiger partial charge in [-0.3, -0.25) is 0 Å². The Bertz CT molecular complexity index is 524. The largest absolute Gasteiger partial charge is 0.339 e. The molecule has 3 rings (SSSR count). The third-order valence-electron chi connectivity index (χ3n) is 4.12. The summed E-state index contributed by atoms with van der Waals surface area (Å²) in [5, 5.41) is 9.70. The monoisotopic (exact) mass is 291 g/mol. The van der Waals surface area contributed by atoms with Crippen LogP contribution >= 0.6 is 11.3 Å². The predicted octanol–water partition coefficient (Wildman–Crippen LogP) is 3.14. The van der Waals surface area contributed by atoms with Crippen LogP contribution in [-0.2, 0) is 11.8 Å². The Labute approximate surface area is 123 Å². The van der Waals surface area contributed by atoms with Crippen LogP contribution in [0.3, 0.4) is 0 Å². The van der Waals surface area contributed by atoms with Crippen molar-refractivity contribution in [1.82, 2.24) is 15.5 Å². The predicted molar refractivity (Wildman–Crippen MR) is 80.1 cm³/mol. The number of aromatic nitrogens is 2. The Balaban J connectivity index is 1.79. The number of thiophene rings is 1. The summed E-state index contributed by atoms with van der Waals surface area (Å²) < 4.78 is 5.62. The van der Waals surface area contributed by atoms with Crippen LogP contribution in [0.1, 0.15) is 49.2 Å². The summed E-state index contributed by atoms with van der Waals surface area (Å²) in [6.45, 7) is 4.32. The van der Waals surface area contributed by atoms with Crippen molar-refractivity contribution in [3.8, 4) is 0 Å². The third-order valence-corrected chi connectivity index (χ3v) is 5.00. The van der Waals surface area contributed by atoms with Crippen LogP contribution in [0.5, 0.6) is 0 Å². The molecule has 0 saturated carbocycles. The van der Waals surface area contributed by atoms with Gasteiger partial charge in [-0.25, -0.2) is 0 Å². The highest BCUT2D eigenvalue weighted by Crippen LogP contribution is 2.37. The van der Waals surface area contributed by atoms with E-state index in [9.17, 15) is 0 Å². The first kappa shape index (κ1) is 13.8. The van der Waals surface area contributed by atoms with Gasteiger partial charge in [-0.2, -0.15) is 4.98 Å². The van der Waals surface area contributed by atoms with Gasteiger partial charge in [-0.05, 0) is 43.8 Å². The molecule has 108 valence electrons. The van der Waals surface area contributed by atoms with Gasteiger partial charge in [0.1, 0.15) is 0 Å². The van der Waals surface area contributed by atoms with Crippen LogP contribution in [-0.4, -0.2) is 23.2 Å². The number of nitrogens with one attached hydrogen (secondary N) is 1. The third kappa shape index (κ3) is 2.79. The van der Waals surface area contributed by atoms with Gasteiger partial charge in [0.15, 0.2) is 5.82 Å². The minimum Gasteiger partial charge on any atom is -0.339 e. The SMILES string of the molecule is CCCC1(c2nc(Cc3cccs3)no2)CCNCC1. The highest BCUT2D eigenvalue weighted by atomic mass is 32.1. The maximum absolute atomic E-state index is 5.62. The molecule has 1 fully saturated rings. The van der Waals surface area contributed by atoms with E-state index in [1.807, 2.05) is 0 Å². The molecule has 1 aliphatic rings. The summed E-state index contributed by atoms with van der Waals surface area (Å²) >= 11 is 1.74. The molecule has 1 aliphatic heterocycles. The van der Waals surface area contributed by atoms with Crippen molar-refractivity contribution >= 4 is 11.3 Å². The quantitative estimate of drug-likeness (QED) is 0.919. The van der Waals surface area contributed by atoms with Gasteiger partial charge in [-0.15, -0.1) is 11.3 Å². The summed E-state index contributed by atoms with van der Waals surface area (Å²) in [4.78, 5) is 5.99. The fraction of sp³-hybridized carbons (Fsp3) is 0.600. The Kier molecular flexibility index (Phi) is 4.17. The molecule has 0 aliphatic carbocycles. The number of piperidine rings is 1. The van der Waals surface area contributed by atoms with Crippen LogP contribution in [0.2, 0.25) is 0 Å². The van der Waals surface area contributed by atoms with Crippen LogP contribution in [0.4, 0.5) is 0 Å². The van der Waals surface area contributed by atoms with E-state index in [2.05, 4.69) is 34.9 Å². The topological polar surface area (TPSA) is 51.0 Å². The van der Waals surface area contributed by atoms with Crippen LogP contribution in [0, 0.1) is 0 Å². The molecular formula is C15H21N3OS. The summed E-state index contributed by atoms with van der Waals surface area (Å²) in [6.07, 6.45) is 5.27. The van der Waals surface area contributed by atoms with Crippen molar-refractivity contribution < 1.29 is 4.52 Å². The zero-order valence-corrected chi connectivity index (χ0v) is 12.7. The number of nitrogens with zero attached hydrogens (tertiary/aromatic N) is 2. The second-order valence-electron chi connectivity index (χ2n) is 5.55. The lowest BCUT2D eigenvalue weighted by Gasteiger charge is -2.34. The lowest BCUT2D eigenvalue weighted by molar-refractivity contribution is 0.208. The Hall–Kier alpha value is -1.20. The van der Waals surface area contributed by atoms with E-state index in [1.54, 1.807) is 11.3 Å². The molecule has 0 amide bonds. The summed E-state index contributed by atoms with van der Waals surface area (Å²) in [5.74, 6) is 1.67. The Morgan fingerprint density at radius 2 is 2.25 bits per heavy atom. The van der Waals surface area contributed by atoms with E-state index in [0.717, 1.165) is 56.9 Å². The van der Waals surface area contributed by atoms with E-state index in [4.69, 9.17) is 9.51 Å². The van der Waals surface area contributed by atoms with E-state index < -0.39 is 0 Å². The van der Waals surface area contributed by atoms with Gasteiger partial charge in [0, 0.05) is 11.3 Å². The van der Waals surface area contributed by atoms with Crippen LogP contribution in [0.25, 0.3) is 0 Å². The molecule has 3 heterocycles. The molecule has 1 saturated heterocycles.